The molecular weight excluding hydrogens is 260 g/mol. The Balaban J connectivity index is 1.92. The summed E-state index contributed by atoms with van der Waals surface area (Å²) in [5, 5.41) is 17.9. The van der Waals surface area contributed by atoms with Crippen LogP contribution in [0, 0.1) is 10.1 Å². The number of hydrogen-bond donors (Lipinski definition) is 2. The monoisotopic (exact) mass is 274 g/mol. The van der Waals surface area contributed by atoms with Crippen molar-refractivity contribution in [3.05, 3.63) is 34.4 Å². The first kappa shape index (κ1) is 12.5. The minimum Gasteiger partial charge on any atom is -0.338 e. The molecule has 0 spiro atoms. The third kappa shape index (κ3) is 2.21. The fourth-order valence-electron chi connectivity index (χ4n) is 2.32. The number of hydrogen-bond acceptors (Lipinski definition) is 6. The molecule has 1 aliphatic rings. The summed E-state index contributed by atoms with van der Waals surface area (Å²) in [5.41, 5.74) is 6.29. The van der Waals surface area contributed by atoms with Gasteiger partial charge in [-0.1, -0.05) is 12.1 Å². The predicted molar refractivity (Wildman–Crippen MR) is 73.3 cm³/mol. The molecule has 1 aromatic heterocycles. The second-order valence-corrected chi connectivity index (χ2v) is 4.75. The van der Waals surface area contributed by atoms with Gasteiger partial charge in [-0.25, -0.2) is 0 Å². The highest BCUT2D eigenvalue weighted by molar-refractivity contribution is 5.68. The van der Waals surface area contributed by atoms with Crippen molar-refractivity contribution in [1.82, 2.24) is 15.2 Å². The quantitative estimate of drug-likeness (QED) is 0.635. The van der Waals surface area contributed by atoms with Gasteiger partial charge < -0.3 is 10.6 Å². The van der Waals surface area contributed by atoms with Crippen molar-refractivity contribution in [1.29, 1.82) is 0 Å². The molecule has 1 unspecified atom stereocenters. The lowest BCUT2D eigenvalue weighted by molar-refractivity contribution is -0.384. The fourth-order valence-corrected chi connectivity index (χ4v) is 2.32. The number of nitrogens with two attached hydrogens (primary N) is 1. The summed E-state index contributed by atoms with van der Waals surface area (Å²) in [6.45, 7) is 1.50. The summed E-state index contributed by atoms with van der Waals surface area (Å²) in [7, 11) is 0. The molecule has 0 saturated carbocycles. The highest BCUT2D eigenvalue weighted by Gasteiger charge is 2.24. The first-order chi connectivity index (χ1) is 9.65. The van der Waals surface area contributed by atoms with E-state index in [1.807, 2.05) is 4.90 Å². The number of nitro groups is 1. The smallest absolute Gasteiger partial charge is 0.280 e. The van der Waals surface area contributed by atoms with Gasteiger partial charge in [0, 0.05) is 25.2 Å². The zero-order valence-corrected chi connectivity index (χ0v) is 10.7. The van der Waals surface area contributed by atoms with Crippen LogP contribution in [0.4, 0.5) is 11.6 Å². The average molecular weight is 274 g/mol. The van der Waals surface area contributed by atoms with E-state index in [9.17, 15) is 10.1 Å². The normalized spacial score (nSPS) is 18.4. The van der Waals surface area contributed by atoms with Crippen molar-refractivity contribution in [3.8, 4) is 11.4 Å². The summed E-state index contributed by atoms with van der Waals surface area (Å²) >= 11 is 0. The van der Waals surface area contributed by atoms with Gasteiger partial charge in [-0.3, -0.25) is 15.2 Å². The number of para-hydroxylation sites is 1. The summed E-state index contributed by atoms with van der Waals surface area (Å²) < 4.78 is 0. The lowest BCUT2D eigenvalue weighted by Crippen LogP contribution is -2.26. The van der Waals surface area contributed by atoms with Gasteiger partial charge in [0.25, 0.3) is 5.69 Å². The molecule has 8 nitrogen and oxygen atoms in total. The van der Waals surface area contributed by atoms with Crippen LogP contribution < -0.4 is 10.6 Å². The van der Waals surface area contributed by atoms with E-state index >= 15 is 0 Å². The van der Waals surface area contributed by atoms with E-state index in [1.54, 1.807) is 18.2 Å². The van der Waals surface area contributed by atoms with E-state index in [0.29, 0.717) is 23.9 Å². The summed E-state index contributed by atoms with van der Waals surface area (Å²) in [4.78, 5) is 16.9. The topological polar surface area (TPSA) is 114 Å². The number of nitrogens with one attached hydrogen (secondary N) is 1. The molecule has 1 fully saturated rings. The van der Waals surface area contributed by atoms with Crippen LogP contribution in [-0.4, -0.2) is 39.2 Å². The Hall–Kier alpha value is -2.48. The third-order valence-corrected chi connectivity index (χ3v) is 3.34. The predicted octanol–water partition coefficient (Wildman–Crippen LogP) is 0.917. The molecule has 1 aromatic carbocycles. The molecule has 1 aliphatic heterocycles. The van der Waals surface area contributed by atoms with Crippen LogP contribution in [0.3, 0.4) is 0 Å². The number of nitrogens with zero attached hydrogens (tertiary/aromatic N) is 4. The van der Waals surface area contributed by atoms with Gasteiger partial charge in [-0.15, -0.1) is 5.10 Å². The van der Waals surface area contributed by atoms with Gasteiger partial charge in [0.05, 0.1) is 10.5 Å². The molecule has 1 atom stereocenters. The zero-order chi connectivity index (χ0) is 14.1. The van der Waals surface area contributed by atoms with Gasteiger partial charge in [-0.2, -0.15) is 4.98 Å². The van der Waals surface area contributed by atoms with E-state index in [1.165, 1.54) is 6.07 Å². The van der Waals surface area contributed by atoms with Crippen molar-refractivity contribution in [2.45, 2.75) is 12.5 Å². The number of aromatic amines is 1. The third-order valence-electron chi connectivity index (χ3n) is 3.34. The Labute approximate surface area is 114 Å². The van der Waals surface area contributed by atoms with Crippen LogP contribution >= 0.6 is 0 Å². The number of anilines is 1. The van der Waals surface area contributed by atoms with E-state index < -0.39 is 4.92 Å². The van der Waals surface area contributed by atoms with Crippen molar-refractivity contribution < 1.29 is 4.92 Å². The summed E-state index contributed by atoms with van der Waals surface area (Å²) in [6, 6.07) is 6.58. The average Bonchev–Trinajstić information content (AvgIpc) is 3.07. The highest BCUT2D eigenvalue weighted by Crippen LogP contribution is 2.28. The number of H-pyrrole nitrogens is 1. The maximum absolute atomic E-state index is 11.0. The Kier molecular flexibility index (Phi) is 3.07. The van der Waals surface area contributed by atoms with E-state index in [4.69, 9.17) is 5.73 Å². The van der Waals surface area contributed by atoms with Crippen molar-refractivity contribution in [3.63, 3.8) is 0 Å². The molecule has 0 radical (unpaired) electrons. The first-order valence-corrected chi connectivity index (χ1v) is 6.32. The van der Waals surface area contributed by atoms with E-state index in [0.717, 1.165) is 13.0 Å². The van der Waals surface area contributed by atoms with Crippen LogP contribution in [0.2, 0.25) is 0 Å². The van der Waals surface area contributed by atoms with Gasteiger partial charge in [0.1, 0.15) is 0 Å². The summed E-state index contributed by atoms with van der Waals surface area (Å²) in [5.74, 6) is 0.930. The molecule has 8 heteroatoms. The van der Waals surface area contributed by atoms with Gasteiger partial charge >= 0.3 is 0 Å². The molecule has 1 saturated heterocycles. The molecule has 3 N–H and O–H groups in total. The van der Waals surface area contributed by atoms with Gasteiger partial charge in [0.2, 0.25) is 5.95 Å². The minimum atomic E-state index is -0.427. The Morgan fingerprint density at radius 3 is 2.95 bits per heavy atom. The summed E-state index contributed by atoms with van der Waals surface area (Å²) in [6.07, 6.45) is 0.898. The maximum atomic E-state index is 11.0. The van der Waals surface area contributed by atoms with Crippen molar-refractivity contribution >= 4 is 11.6 Å². The number of rotatable bonds is 3. The molecule has 104 valence electrons. The zero-order valence-electron chi connectivity index (χ0n) is 10.7. The molecular formula is C12H14N6O2. The van der Waals surface area contributed by atoms with E-state index in [-0.39, 0.29) is 11.7 Å². The second-order valence-electron chi connectivity index (χ2n) is 4.75. The Morgan fingerprint density at radius 2 is 2.25 bits per heavy atom. The van der Waals surface area contributed by atoms with Crippen LogP contribution in [-0.2, 0) is 0 Å². The van der Waals surface area contributed by atoms with Crippen LogP contribution in [0.5, 0.6) is 0 Å². The number of aromatic nitrogens is 3. The molecule has 0 bridgehead atoms. The SMILES string of the molecule is NC1CCN(c2n[nH]c(-c3ccccc3[N+](=O)[O-])n2)C1. The van der Waals surface area contributed by atoms with Gasteiger partial charge in [-0.05, 0) is 12.5 Å². The largest absolute Gasteiger partial charge is 0.338 e. The first-order valence-electron chi connectivity index (χ1n) is 6.32. The van der Waals surface area contributed by atoms with Crippen LogP contribution in [0.1, 0.15) is 6.42 Å². The lowest BCUT2D eigenvalue weighted by Gasteiger charge is -2.11. The van der Waals surface area contributed by atoms with Crippen LogP contribution in [0.15, 0.2) is 24.3 Å². The fraction of sp³-hybridized carbons (Fsp3) is 0.333. The maximum Gasteiger partial charge on any atom is 0.280 e. The molecule has 2 heterocycles. The lowest BCUT2D eigenvalue weighted by atomic mass is 10.2. The van der Waals surface area contributed by atoms with E-state index in [2.05, 4.69) is 15.2 Å². The highest BCUT2D eigenvalue weighted by atomic mass is 16.6. The molecule has 0 amide bonds. The van der Waals surface area contributed by atoms with Crippen molar-refractivity contribution in [2.75, 3.05) is 18.0 Å². The van der Waals surface area contributed by atoms with Gasteiger partial charge in [0.15, 0.2) is 5.82 Å². The molecule has 3 rings (SSSR count). The standard InChI is InChI=1S/C12H14N6O2/c13-8-5-6-17(7-8)12-14-11(15-16-12)9-3-1-2-4-10(9)18(19)20/h1-4,8H,5-7,13H2,(H,14,15,16). The Morgan fingerprint density at radius 1 is 1.45 bits per heavy atom. The van der Waals surface area contributed by atoms with Crippen LogP contribution in [0.25, 0.3) is 11.4 Å². The number of nitro benzene ring substituents is 1. The Bertz CT molecular complexity index is 640. The minimum absolute atomic E-state index is 0.00771. The number of benzene rings is 1. The molecule has 0 aliphatic carbocycles. The second kappa shape index (κ2) is 4.89. The van der Waals surface area contributed by atoms with Crippen molar-refractivity contribution in [2.24, 2.45) is 5.73 Å². The molecule has 2 aromatic rings. The molecule has 20 heavy (non-hydrogen) atoms.